The van der Waals surface area contributed by atoms with Crippen molar-refractivity contribution in [3.05, 3.63) is 53.6 Å². The molecule has 0 atom stereocenters. The lowest BCUT2D eigenvalue weighted by Gasteiger charge is -2.18. The van der Waals surface area contributed by atoms with E-state index in [1.165, 1.54) is 0 Å². The first-order valence-corrected chi connectivity index (χ1v) is 8.27. The molecule has 0 aromatic heterocycles. The van der Waals surface area contributed by atoms with E-state index in [9.17, 15) is 4.79 Å². The third kappa shape index (κ3) is 3.27. The summed E-state index contributed by atoms with van der Waals surface area (Å²) in [6, 6.07) is 13.4. The predicted octanol–water partition coefficient (Wildman–Crippen LogP) is 3.06. The Kier molecular flexibility index (Phi) is 4.83. The molecule has 0 aliphatic heterocycles. The molecule has 0 heterocycles. The summed E-state index contributed by atoms with van der Waals surface area (Å²) in [6.07, 6.45) is 1.67. The monoisotopic (exact) mass is 341 g/mol. The zero-order chi connectivity index (χ0) is 17.9. The van der Waals surface area contributed by atoms with E-state index < -0.39 is 5.41 Å². The summed E-state index contributed by atoms with van der Waals surface area (Å²) in [4.78, 5) is 12.8. The number of amides is 1. The molecule has 0 unspecified atom stereocenters. The summed E-state index contributed by atoms with van der Waals surface area (Å²) in [6.45, 7) is 0.442. The van der Waals surface area contributed by atoms with Crippen LogP contribution in [-0.4, -0.2) is 27.2 Å². The van der Waals surface area contributed by atoms with Gasteiger partial charge in [-0.3, -0.25) is 4.79 Å². The molecule has 5 heteroatoms. The largest absolute Gasteiger partial charge is 0.496 e. The minimum Gasteiger partial charge on any atom is -0.496 e. The van der Waals surface area contributed by atoms with Crippen molar-refractivity contribution in [1.29, 1.82) is 0 Å². The van der Waals surface area contributed by atoms with E-state index in [-0.39, 0.29) is 5.91 Å². The van der Waals surface area contributed by atoms with E-state index in [0.29, 0.717) is 18.0 Å². The number of rotatable bonds is 7. The molecule has 2 aromatic carbocycles. The number of hydrogen-bond donors (Lipinski definition) is 1. The Labute approximate surface area is 147 Å². The fraction of sp³-hybridized carbons (Fsp3) is 0.350. The number of methoxy groups -OCH3 is 3. The first-order chi connectivity index (χ1) is 12.1. The summed E-state index contributed by atoms with van der Waals surface area (Å²) in [5.41, 5.74) is 1.45. The topological polar surface area (TPSA) is 56.8 Å². The molecule has 1 fully saturated rings. The normalized spacial score (nSPS) is 14.5. The lowest BCUT2D eigenvalue weighted by molar-refractivity contribution is -0.123. The number of nitrogens with one attached hydrogen (secondary N) is 1. The van der Waals surface area contributed by atoms with Crippen LogP contribution in [0.2, 0.25) is 0 Å². The van der Waals surface area contributed by atoms with E-state index in [4.69, 9.17) is 14.2 Å². The predicted molar refractivity (Wildman–Crippen MR) is 95.3 cm³/mol. The van der Waals surface area contributed by atoms with E-state index in [1.54, 1.807) is 21.3 Å². The molecular formula is C20H23NO4. The molecule has 132 valence electrons. The molecule has 1 aliphatic rings. The average Bonchev–Trinajstić information content (AvgIpc) is 3.47. The smallest absolute Gasteiger partial charge is 0.230 e. The molecule has 0 bridgehead atoms. The van der Waals surface area contributed by atoms with Crippen LogP contribution in [0.4, 0.5) is 0 Å². The van der Waals surface area contributed by atoms with Crippen molar-refractivity contribution in [3.8, 4) is 17.2 Å². The molecule has 1 N–H and O–H groups in total. The van der Waals surface area contributed by atoms with Gasteiger partial charge < -0.3 is 19.5 Å². The molecule has 5 nitrogen and oxygen atoms in total. The second kappa shape index (κ2) is 7.05. The third-order valence-electron chi connectivity index (χ3n) is 4.75. The maximum Gasteiger partial charge on any atom is 0.230 e. The van der Waals surface area contributed by atoms with Gasteiger partial charge in [-0.15, -0.1) is 0 Å². The van der Waals surface area contributed by atoms with Crippen LogP contribution in [0.3, 0.4) is 0 Å². The van der Waals surface area contributed by atoms with Gasteiger partial charge in [0.05, 0.1) is 26.7 Å². The Balaban J connectivity index is 1.75. The second-order valence-corrected chi connectivity index (χ2v) is 6.15. The maximum absolute atomic E-state index is 12.8. The van der Waals surface area contributed by atoms with Crippen molar-refractivity contribution < 1.29 is 19.0 Å². The van der Waals surface area contributed by atoms with E-state index >= 15 is 0 Å². The number of benzene rings is 2. The van der Waals surface area contributed by atoms with Gasteiger partial charge in [0.2, 0.25) is 5.91 Å². The van der Waals surface area contributed by atoms with Gasteiger partial charge in [-0.1, -0.05) is 24.3 Å². The van der Waals surface area contributed by atoms with Crippen molar-refractivity contribution in [2.45, 2.75) is 24.8 Å². The van der Waals surface area contributed by atoms with Gasteiger partial charge in [0.1, 0.15) is 5.75 Å². The lowest BCUT2D eigenvalue weighted by Crippen LogP contribution is -2.34. The Hall–Kier alpha value is -2.69. The number of carbonyl (C=O) groups is 1. The number of ether oxygens (including phenoxy) is 3. The van der Waals surface area contributed by atoms with E-state index in [2.05, 4.69) is 5.32 Å². The molecule has 0 radical (unpaired) electrons. The van der Waals surface area contributed by atoms with Gasteiger partial charge in [-0.05, 0) is 36.6 Å². The summed E-state index contributed by atoms with van der Waals surface area (Å²) in [5.74, 6) is 2.12. The highest BCUT2D eigenvalue weighted by atomic mass is 16.5. The zero-order valence-corrected chi connectivity index (χ0v) is 14.8. The van der Waals surface area contributed by atoms with Crippen LogP contribution in [0, 0.1) is 0 Å². The number of hydrogen-bond acceptors (Lipinski definition) is 4. The Bertz CT molecular complexity index is 768. The molecule has 2 aromatic rings. The zero-order valence-electron chi connectivity index (χ0n) is 14.8. The number of para-hydroxylation sites is 1. The van der Waals surface area contributed by atoms with Gasteiger partial charge in [0, 0.05) is 12.1 Å². The van der Waals surface area contributed by atoms with Crippen molar-refractivity contribution in [2.24, 2.45) is 0 Å². The van der Waals surface area contributed by atoms with E-state index in [0.717, 1.165) is 29.7 Å². The maximum atomic E-state index is 12.8. The standard InChI is InChI=1S/C20H23NO4/c1-23-16-7-5-4-6-14(16)13-21-19(22)20(10-11-20)15-8-9-17(24-2)18(12-15)25-3/h4-9,12H,10-11,13H2,1-3H3,(H,21,22). The lowest BCUT2D eigenvalue weighted by atomic mass is 9.94. The summed E-state index contributed by atoms with van der Waals surface area (Å²) >= 11 is 0. The van der Waals surface area contributed by atoms with Crippen LogP contribution in [0.1, 0.15) is 24.0 Å². The quantitative estimate of drug-likeness (QED) is 0.841. The summed E-state index contributed by atoms with van der Waals surface area (Å²) < 4.78 is 16.0. The first-order valence-electron chi connectivity index (χ1n) is 8.27. The van der Waals surface area contributed by atoms with Crippen molar-refractivity contribution in [2.75, 3.05) is 21.3 Å². The van der Waals surface area contributed by atoms with Crippen LogP contribution in [0.5, 0.6) is 17.2 Å². The Morgan fingerprint density at radius 2 is 1.64 bits per heavy atom. The molecule has 1 amide bonds. The molecule has 1 saturated carbocycles. The van der Waals surface area contributed by atoms with Crippen LogP contribution in [0.15, 0.2) is 42.5 Å². The second-order valence-electron chi connectivity index (χ2n) is 6.15. The van der Waals surface area contributed by atoms with E-state index in [1.807, 2.05) is 42.5 Å². The van der Waals surface area contributed by atoms with Crippen LogP contribution in [0.25, 0.3) is 0 Å². The molecule has 0 saturated heterocycles. The van der Waals surface area contributed by atoms with Crippen LogP contribution in [-0.2, 0) is 16.8 Å². The van der Waals surface area contributed by atoms with Gasteiger partial charge in [-0.25, -0.2) is 0 Å². The van der Waals surface area contributed by atoms with Crippen LogP contribution < -0.4 is 19.5 Å². The highest BCUT2D eigenvalue weighted by Gasteiger charge is 2.51. The van der Waals surface area contributed by atoms with Gasteiger partial charge in [0.15, 0.2) is 11.5 Å². The Morgan fingerprint density at radius 1 is 0.960 bits per heavy atom. The molecule has 0 spiro atoms. The van der Waals surface area contributed by atoms with Crippen molar-refractivity contribution in [3.63, 3.8) is 0 Å². The SMILES string of the molecule is COc1ccccc1CNC(=O)C1(c2ccc(OC)c(OC)c2)CC1. The number of carbonyl (C=O) groups excluding carboxylic acids is 1. The fourth-order valence-electron chi connectivity index (χ4n) is 3.10. The van der Waals surface area contributed by atoms with Gasteiger partial charge >= 0.3 is 0 Å². The van der Waals surface area contributed by atoms with Crippen LogP contribution >= 0.6 is 0 Å². The molecule has 25 heavy (non-hydrogen) atoms. The first kappa shape index (κ1) is 17.1. The van der Waals surface area contributed by atoms with Gasteiger partial charge in [0.25, 0.3) is 0 Å². The Morgan fingerprint density at radius 3 is 2.28 bits per heavy atom. The summed E-state index contributed by atoms with van der Waals surface area (Å²) in [5, 5.41) is 3.05. The minimum absolute atomic E-state index is 0.0330. The molecule has 3 rings (SSSR count). The third-order valence-corrected chi connectivity index (χ3v) is 4.75. The van der Waals surface area contributed by atoms with Crippen molar-refractivity contribution >= 4 is 5.91 Å². The molecular weight excluding hydrogens is 318 g/mol. The highest BCUT2D eigenvalue weighted by molar-refractivity contribution is 5.91. The molecule has 1 aliphatic carbocycles. The minimum atomic E-state index is -0.471. The average molecular weight is 341 g/mol. The highest BCUT2D eigenvalue weighted by Crippen LogP contribution is 2.50. The van der Waals surface area contributed by atoms with Crippen molar-refractivity contribution in [1.82, 2.24) is 5.32 Å². The summed E-state index contributed by atoms with van der Waals surface area (Å²) in [7, 11) is 4.83. The van der Waals surface area contributed by atoms with Gasteiger partial charge in [-0.2, -0.15) is 0 Å². The fourth-order valence-corrected chi connectivity index (χ4v) is 3.10.